The van der Waals surface area contributed by atoms with Crippen molar-refractivity contribution in [2.24, 2.45) is 0 Å². The monoisotopic (exact) mass is 442 g/mol. The molecule has 1 aliphatic heterocycles. The smallest absolute Gasteiger partial charge is 0.414 e. The molecule has 1 heterocycles. The van der Waals surface area contributed by atoms with Crippen molar-refractivity contribution in [2.75, 3.05) is 36.5 Å². The molecule has 0 unspecified atom stereocenters. The molecular formula is C22H23FN4O5. The van der Waals surface area contributed by atoms with Gasteiger partial charge in [0.1, 0.15) is 18.8 Å². The fraction of sp³-hybridized carbons (Fsp3) is 0.318. The average molecular weight is 442 g/mol. The third-order valence-electron chi connectivity index (χ3n) is 4.67. The number of carbonyl (C=O) groups excluding carboxylic acids is 2. The average Bonchev–Trinajstić information content (AvgIpc) is 3.16. The van der Waals surface area contributed by atoms with Gasteiger partial charge in [-0.05, 0) is 36.4 Å². The molecule has 1 aliphatic rings. The lowest BCUT2D eigenvalue weighted by atomic mass is 10.2. The second kappa shape index (κ2) is 10.5. The normalized spacial score (nSPS) is 16.1. The molecule has 2 amide bonds. The molecule has 0 saturated carbocycles. The largest absolute Gasteiger partial charge is 0.488 e. The van der Waals surface area contributed by atoms with E-state index in [1.54, 1.807) is 24.3 Å². The zero-order valence-corrected chi connectivity index (χ0v) is 17.4. The summed E-state index contributed by atoms with van der Waals surface area (Å²) in [5.74, 6) is -0.984. The lowest BCUT2D eigenvalue weighted by molar-refractivity contribution is -0.119. The first-order chi connectivity index (χ1) is 15.4. The van der Waals surface area contributed by atoms with Crippen LogP contribution in [0.25, 0.3) is 0 Å². The van der Waals surface area contributed by atoms with Gasteiger partial charge in [-0.15, -0.1) is 0 Å². The van der Waals surface area contributed by atoms with Crippen LogP contribution in [-0.4, -0.2) is 55.6 Å². The van der Waals surface area contributed by atoms with Crippen LogP contribution < -0.4 is 20.3 Å². The first-order valence-electron chi connectivity index (χ1n) is 9.92. The van der Waals surface area contributed by atoms with Gasteiger partial charge in [-0.2, -0.15) is 5.26 Å². The predicted molar refractivity (Wildman–Crippen MR) is 114 cm³/mol. The Labute approximate surface area is 184 Å². The number of carbonyl (C=O) groups is 2. The van der Waals surface area contributed by atoms with Crippen molar-refractivity contribution < 1.29 is 28.6 Å². The van der Waals surface area contributed by atoms with Gasteiger partial charge in [0.05, 0.1) is 30.4 Å². The molecule has 2 aromatic rings. The number of rotatable bonds is 9. The standard InChI is InChI=1S/C22H23FN4O5/c1-14(28)25-11-19-12-27(22(30)32-19)17-6-7-21(20(23)8-17)31-13-18(29)10-26-16-4-2-15(9-24)3-5-16/h2-8,18-19,26,29H,10-13H2,1H3,(H,25,28)/t18-,19+/m1/s1. The Hall–Kier alpha value is -3.84. The highest BCUT2D eigenvalue weighted by molar-refractivity contribution is 5.90. The number of benzene rings is 2. The van der Waals surface area contributed by atoms with Crippen LogP contribution in [0, 0.1) is 17.1 Å². The summed E-state index contributed by atoms with van der Waals surface area (Å²) in [6, 6.07) is 12.8. The molecule has 1 fully saturated rings. The summed E-state index contributed by atoms with van der Waals surface area (Å²) in [5.41, 5.74) is 1.56. The molecular weight excluding hydrogens is 419 g/mol. The number of hydrogen-bond acceptors (Lipinski definition) is 7. The first-order valence-corrected chi connectivity index (χ1v) is 9.92. The maximum absolute atomic E-state index is 14.5. The zero-order valence-electron chi connectivity index (χ0n) is 17.4. The van der Waals surface area contributed by atoms with E-state index in [0.717, 1.165) is 11.8 Å². The number of hydrogen-bond donors (Lipinski definition) is 3. The lowest BCUT2D eigenvalue weighted by Gasteiger charge is -2.16. The molecule has 0 aliphatic carbocycles. The molecule has 0 spiro atoms. The van der Waals surface area contributed by atoms with Crippen molar-refractivity contribution in [3.05, 3.63) is 53.8 Å². The molecule has 3 rings (SSSR count). The SMILES string of the molecule is CC(=O)NC[C@H]1CN(c2ccc(OC[C@H](O)CNc3ccc(C#N)cc3)c(F)c2)C(=O)O1. The second-order valence-electron chi connectivity index (χ2n) is 7.20. The molecule has 9 nitrogen and oxygen atoms in total. The third kappa shape index (κ3) is 6.09. The molecule has 1 saturated heterocycles. The van der Waals surface area contributed by atoms with Crippen LogP contribution in [0.2, 0.25) is 0 Å². The molecule has 168 valence electrons. The van der Waals surface area contributed by atoms with Crippen LogP contribution in [-0.2, 0) is 9.53 Å². The van der Waals surface area contributed by atoms with Gasteiger partial charge < -0.3 is 25.2 Å². The van der Waals surface area contributed by atoms with E-state index in [1.165, 1.54) is 24.0 Å². The van der Waals surface area contributed by atoms with Crippen molar-refractivity contribution >= 4 is 23.4 Å². The van der Waals surface area contributed by atoms with Crippen molar-refractivity contribution in [2.45, 2.75) is 19.1 Å². The zero-order chi connectivity index (χ0) is 23.1. The highest BCUT2D eigenvalue weighted by atomic mass is 19.1. The molecule has 0 radical (unpaired) electrons. The number of amides is 2. The summed E-state index contributed by atoms with van der Waals surface area (Å²) in [7, 11) is 0. The van der Waals surface area contributed by atoms with E-state index in [4.69, 9.17) is 14.7 Å². The number of ether oxygens (including phenoxy) is 2. The molecule has 0 bridgehead atoms. The van der Waals surface area contributed by atoms with Crippen molar-refractivity contribution in [3.8, 4) is 11.8 Å². The van der Waals surface area contributed by atoms with E-state index in [0.29, 0.717) is 11.3 Å². The van der Waals surface area contributed by atoms with E-state index in [-0.39, 0.29) is 37.9 Å². The number of nitrogens with zero attached hydrogens (tertiary/aromatic N) is 2. The number of cyclic esters (lactones) is 1. The summed E-state index contributed by atoms with van der Waals surface area (Å²) in [6.07, 6.45) is -2.06. The number of aliphatic hydroxyl groups excluding tert-OH is 1. The van der Waals surface area contributed by atoms with Crippen LogP contribution >= 0.6 is 0 Å². The Morgan fingerprint density at radius 2 is 2.12 bits per heavy atom. The Morgan fingerprint density at radius 3 is 2.78 bits per heavy atom. The minimum atomic E-state index is -0.909. The molecule has 10 heteroatoms. The summed E-state index contributed by atoms with van der Waals surface area (Å²) < 4.78 is 25.0. The van der Waals surface area contributed by atoms with E-state index in [2.05, 4.69) is 10.6 Å². The maximum atomic E-state index is 14.5. The fourth-order valence-electron chi connectivity index (χ4n) is 3.01. The Bertz CT molecular complexity index is 1010. The van der Waals surface area contributed by atoms with E-state index in [1.807, 2.05) is 6.07 Å². The van der Waals surface area contributed by atoms with Crippen LogP contribution in [0.1, 0.15) is 12.5 Å². The van der Waals surface area contributed by atoms with Crippen LogP contribution in [0.4, 0.5) is 20.6 Å². The molecule has 0 aromatic heterocycles. The topological polar surface area (TPSA) is 124 Å². The maximum Gasteiger partial charge on any atom is 0.414 e. The van der Waals surface area contributed by atoms with Gasteiger partial charge in [0.25, 0.3) is 0 Å². The third-order valence-corrected chi connectivity index (χ3v) is 4.67. The van der Waals surface area contributed by atoms with E-state index >= 15 is 0 Å². The van der Waals surface area contributed by atoms with Gasteiger partial charge in [0.2, 0.25) is 5.91 Å². The minimum absolute atomic E-state index is 0.0615. The minimum Gasteiger partial charge on any atom is -0.488 e. The number of halogens is 1. The predicted octanol–water partition coefficient (Wildman–Crippen LogP) is 2.01. The number of anilines is 2. The second-order valence-corrected chi connectivity index (χ2v) is 7.20. The summed E-state index contributed by atoms with van der Waals surface area (Å²) in [6.45, 7) is 1.74. The van der Waals surface area contributed by atoms with Crippen LogP contribution in [0.3, 0.4) is 0 Å². The molecule has 32 heavy (non-hydrogen) atoms. The first kappa shape index (κ1) is 22.8. The van der Waals surface area contributed by atoms with Gasteiger partial charge in [0, 0.05) is 25.2 Å². The summed E-state index contributed by atoms with van der Waals surface area (Å²) in [4.78, 5) is 24.3. The van der Waals surface area contributed by atoms with Gasteiger partial charge in [-0.1, -0.05) is 0 Å². The number of nitrogens with one attached hydrogen (secondary N) is 2. The Morgan fingerprint density at radius 1 is 1.38 bits per heavy atom. The fourth-order valence-corrected chi connectivity index (χ4v) is 3.01. The van der Waals surface area contributed by atoms with E-state index < -0.39 is 24.1 Å². The summed E-state index contributed by atoms with van der Waals surface area (Å²) >= 11 is 0. The van der Waals surface area contributed by atoms with Crippen molar-refractivity contribution in [3.63, 3.8) is 0 Å². The molecule has 2 atom stereocenters. The Balaban J connectivity index is 1.50. The van der Waals surface area contributed by atoms with E-state index in [9.17, 15) is 19.1 Å². The van der Waals surface area contributed by atoms with Gasteiger partial charge >= 0.3 is 6.09 Å². The van der Waals surface area contributed by atoms with Gasteiger partial charge in [-0.3, -0.25) is 9.69 Å². The van der Waals surface area contributed by atoms with Crippen molar-refractivity contribution in [1.82, 2.24) is 5.32 Å². The Kier molecular flexibility index (Phi) is 7.46. The number of aliphatic hydroxyl groups is 1. The highest BCUT2D eigenvalue weighted by Crippen LogP contribution is 2.27. The van der Waals surface area contributed by atoms with Crippen LogP contribution in [0.5, 0.6) is 5.75 Å². The lowest BCUT2D eigenvalue weighted by Crippen LogP contribution is -2.33. The number of nitriles is 1. The molecule has 3 N–H and O–H groups in total. The van der Waals surface area contributed by atoms with Crippen molar-refractivity contribution in [1.29, 1.82) is 5.26 Å². The summed E-state index contributed by atoms with van der Waals surface area (Å²) in [5, 5.41) is 24.5. The quantitative estimate of drug-likeness (QED) is 0.543. The molecule has 2 aromatic carbocycles. The van der Waals surface area contributed by atoms with Crippen LogP contribution in [0.15, 0.2) is 42.5 Å². The highest BCUT2D eigenvalue weighted by Gasteiger charge is 2.32. The van der Waals surface area contributed by atoms with Gasteiger partial charge in [0.15, 0.2) is 11.6 Å². The van der Waals surface area contributed by atoms with Gasteiger partial charge in [-0.25, -0.2) is 9.18 Å².